The maximum Gasteiger partial charge on any atom is 0.431 e. The van der Waals surface area contributed by atoms with Crippen LogP contribution in [0, 0.1) is 5.92 Å². The molecule has 0 unspecified atom stereocenters. The van der Waals surface area contributed by atoms with Gasteiger partial charge >= 0.3 is 6.09 Å². The van der Waals surface area contributed by atoms with Gasteiger partial charge in [0.25, 0.3) is 0 Å². The van der Waals surface area contributed by atoms with E-state index in [9.17, 15) is 4.79 Å². The number of carboxylic acid groups (broad SMARTS) is 1. The Kier molecular flexibility index (Phi) is 4.16. The lowest BCUT2D eigenvalue weighted by Crippen LogP contribution is -2.37. The first-order chi connectivity index (χ1) is 6.61. The summed E-state index contributed by atoms with van der Waals surface area (Å²) in [5, 5.41) is 18.0. The molecule has 1 heterocycles. The molecule has 0 spiro atoms. The lowest BCUT2D eigenvalue weighted by Gasteiger charge is -2.27. The summed E-state index contributed by atoms with van der Waals surface area (Å²) in [6.07, 6.45) is 1.44. The quantitative estimate of drug-likeness (QED) is 0.539. The molecule has 0 aliphatic carbocycles. The Bertz CT molecular complexity index is 191. The number of rotatable bonds is 3. The van der Waals surface area contributed by atoms with Crippen molar-refractivity contribution in [3.8, 4) is 0 Å². The van der Waals surface area contributed by atoms with E-state index in [4.69, 9.17) is 15.1 Å². The van der Waals surface area contributed by atoms with Crippen molar-refractivity contribution in [1.29, 1.82) is 0 Å². The van der Waals surface area contributed by atoms with Gasteiger partial charge in [-0.05, 0) is 32.1 Å². The molecule has 2 atom stereocenters. The molecule has 14 heavy (non-hydrogen) atoms. The fourth-order valence-electron chi connectivity index (χ4n) is 1.76. The summed E-state index contributed by atoms with van der Waals surface area (Å²) in [4.78, 5) is 10.4. The highest BCUT2D eigenvalue weighted by Gasteiger charge is 2.22. The second-order valence-electron chi connectivity index (χ2n) is 3.80. The number of hydroxylamine groups is 2. The van der Waals surface area contributed by atoms with E-state index < -0.39 is 6.09 Å². The van der Waals surface area contributed by atoms with Gasteiger partial charge in [-0.1, -0.05) is 0 Å². The van der Waals surface area contributed by atoms with Crippen LogP contribution in [0.25, 0.3) is 0 Å². The molecule has 5 nitrogen and oxygen atoms in total. The summed E-state index contributed by atoms with van der Waals surface area (Å²) in [5.74, 6) is 0.368. The maximum atomic E-state index is 10.4. The lowest BCUT2D eigenvalue weighted by molar-refractivity contribution is -0.100. The second kappa shape index (κ2) is 5.17. The summed E-state index contributed by atoms with van der Waals surface area (Å²) in [6, 6.07) is -0.362. The van der Waals surface area contributed by atoms with Crippen molar-refractivity contribution < 1.29 is 19.8 Å². The van der Waals surface area contributed by atoms with Crippen LogP contribution in [0.5, 0.6) is 0 Å². The van der Waals surface area contributed by atoms with Crippen molar-refractivity contribution >= 4 is 6.09 Å². The topological polar surface area (TPSA) is 70.0 Å². The van der Waals surface area contributed by atoms with Gasteiger partial charge in [0.2, 0.25) is 0 Å². The third kappa shape index (κ3) is 3.16. The highest BCUT2D eigenvalue weighted by Crippen LogP contribution is 2.20. The molecule has 82 valence electrons. The Morgan fingerprint density at radius 1 is 1.71 bits per heavy atom. The van der Waals surface area contributed by atoms with E-state index in [1.807, 2.05) is 0 Å². The van der Waals surface area contributed by atoms with E-state index in [-0.39, 0.29) is 6.04 Å². The zero-order valence-corrected chi connectivity index (χ0v) is 8.35. The molecule has 0 aromatic heterocycles. The molecule has 0 saturated carbocycles. The highest BCUT2D eigenvalue weighted by atomic mass is 16.6. The first-order valence-electron chi connectivity index (χ1n) is 4.90. The Hall–Kier alpha value is -0.810. The van der Waals surface area contributed by atoms with E-state index in [1.165, 1.54) is 0 Å². The van der Waals surface area contributed by atoms with Crippen LogP contribution in [0.15, 0.2) is 0 Å². The highest BCUT2D eigenvalue weighted by molar-refractivity contribution is 5.63. The van der Waals surface area contributed by atoms with Gasteiger partial charge in [0, 0.05) is 13.2 Å². The molecule has 0 bridgehead atoms. The first-order valence-corrected chi connectivity index (χ1v) is 4.90. The van der Waals surface area contributed by atoms with Crippen molar-refractivity contribution in [3.05, 3.63) is 0 Å². The molecule has 1 rings (SSSR count). The van der Waals surface area contributed by atoms with E-state index >= 15 is 0 Å². The molecule has 5 heteroatoms. The van der Waals surface area contributed by atoms with Crippen LogP contribution in [0.4, 0.5) is 4.79 Å². The largest absolute Gasteiger partial charge is 0.463 e. The second-order valence-corrected chi connectivity index (χ2v) is 3.80. The first kappa shape index (κ1) is 11.3. The van der Waals surface area contributed by atoms with E-state index in [0.717, 1.165) is 19.4 Å². The standard InChI is InChI=1S/C9H17NO4/c1-7(10(13)9(11)12)5-8-3-2-4-14-6-8/h7-8,13H,2-6H2,1H3,(H,11,12)/t7-,8+/m0/s1. The number of amides is 1. The lowest BCUT2D eigenvalue weighted by atomic mass is 9.95. The minimum atomic E-state index is -1.30. The van der Waals surface area contributed by atoms with Crippen molar-refractivity contribution in [2.24, 2.45) is 5.92 Å². The van der Waals surface area contributed by atoms with Gasteiger partial charge in [0.15, 0.2) is 0 Å². The summed E-state index contributed by atoms with van der Waals surface area (Å²) in [5.41, 5.74) is 0. The number of nitrogens with zero attached hydrogens (tertiary/aromatic N) is 1. The fourth-order valence-corrected chi connectivity index (χ4v) is 1.76. The molecule has 1 aliphatic rings. The summed E-state index contributed by atoms with van der Waals surface area (Å²) in [7, 11) is 0. The van der Waals surface area contributed by atoms with Crippen LogP contribution in [-0.4, -0.2) is 40.7 Å². The Labute approximate surface area is 83.2 Å². The van der Waals surface area contributed by atoms with Gasteiger partial charge in [-0.15, -0.1) is 0 Å². The van der Waals surface area contributed by atoms with E-state index in [0.29, 0.717) is 24.0 Å². The number of ether oxygens (including phenoxy) is 1. The molecule has 0 aromatic rings. The van der Waals surface area contributed by atoms with Gasteiger partial charge in [0.05, 0.1) is 6.04 Å². The summed E-state index contributed by atoms with van der Waals surface area (Å²) < 4.78 is 5.28. The number of hydrogen-bond acceptors (Lipinski definition) is 3. The van der Waals surface area contributed by atoms with Gasteiger partial charge < -0.3 is 9.84 Å². The molecule has 1 amide bonds. The molecule has 1 saturated heterocycles. The minimum Gasteiger partial charge on any atom is -0.463 e. The van der Waals surface area contributed by atoms with Crippen LogP contribution in [0.2, 0.25) is 0 Å². The molecule has 1 aliphatic heterocycles. The van der Waals surface area contributed by atoms with Crippen molar-refractivity contribution in [2.45, 2.75) is 32.2 Å². The van der Waals surface area contributed by atoms with Crippen LogP contribution in [0.3, 0.4) is 0 Å². The Morgan fingerprint density at radius 3 is 2.93 bits per heavy atom. The smallest absolute Gasteiger partial charge is 0.431 e. The zero-order valence-electron chi connectivity index (χ0n) is 8.35. The predicted octanol–water partition coefficient (Wildman–Crippen LogP) is 1.56. The minimum absolute atomic E-state index is 0.362. The van der Waals surface area contributed by atoms with Crippen LogP contribution >= 0.6 is 0 Å². The molecule has 1 fully saturated rings. The Balaban J connectivity index is 2.31. The molecule has 0 aromatic carbocycles. The van der Waals surface area contributed by atoms with Gasteiger partial charge in [0.1, 0.15) is 0 Å². The van der Waals surface area contributed by atoms with Gasteiger partial charge in [-0.2, -0.15) is 5.06 Å². The van der Waals surface area contributed by atoms with E-state index in [1.54, 1.807) is 6.92 Å². The van der Waals surface area contributed by atoms with Crippen LogP contribution in [0.1, 0.15) is 26.2 Å². The third-order valence-electron chi connectivity index (χ3n) is 2.54. The molecular weight excluding hydrogens is 186 g/mol. The van der Waals surface area contributed by atoms with Gasteiger partial charge in [-0.25, -0.2) is 4.79 Å². The van der Waals surface area contributed by atoms with Gasteiger partial charge in [-0.3, -0.25) is 5.21 Å². The van der Waals surface area contributed by atoms with Crippen molar-refractivity contribution in [2.75, 3.05) is 13.2 Å². The normalized spacial score (nSPS) is 24.3. The van der Waals surface area contributed by atoms with E-state index in [2.05, 4.69) is 0 Å². The zero-order chi connectivity index (χ0) is 10.6. The van der Waals surface area contributed by atoms with Crippen molar-refractivity contribution in [1.82, 2.24) is 5.06 Å². The summed E-state index contributed by atoms with van der Waals surface area (Å²) >= 11 is 0. The molecule has 2 N–H and O–H groups in total. The SMILES string of the molecule is C[C@@H](C[C@H]1CCCOC1)N(O)C(=O)O. The summed E-state index contributed by atoms with van der Waals surface area (Å²) in [6.45, 7) is 3.17. The fraction of sp³-hybridized carbons (Fsp3) is 0.889. The maximum absolute atomic E-state index is 10.4. The molecular formula is C9H17NO4. The predicted molar refractivity (Wildman–Crippen MR) is 49.3 cm³/mol. The molecule has 0 radical (unpaired) electrons. The van der Waals surface area contributed by atoms with Crippen LogP contribution in [-0.2, 0) is 4.74 Å². The average molecular weight is 203 g/mol. The van der Waals surface area contributed by atoms with Crippen molar-refractivity contribution in [3.63, 3.8) is 0 Å². The number of hydrogen-bond donors (Lipinski definition) is 2. The van der Waals surface area contributed by atoms with Crippen LogP contribution < -0.4 is 0 Å². The average Bonchev–Trinajstić information content (AvgIpc) is 2.18. The monoisotopic (exact) mass is 203 g/mol. The Morgan fingerprint density at radius 2 is 2.43 bits per heavy atom. The third-order valence-corrected chi connectivity index (χ3v) is 2.54. The number of carbonyl (C=O) groups is 1.